The van der Waals surface area contributed by atoms with Crippen molar-refractivity contribution < 1.29 is 4.74 Å². The highest BCUT2D eigenvalue weighted by molar-refractivity contribution is 5.43. The van der Waals surface area contributed by atoms with Gasteiger partial charge in [0.1, 0.15) is 5.75 Å². The zero-order valence-electron chi connectivity index (χ0n) is 11.8. The lowest BCUT2D eigenvalue weighted by Crippen LogP contribution is -2.24. The summed E-state index contributed by atoms with van der Waals surface area (Å²) in [6.45, 7) is 7.16. The first-order valence-electron chi connectivity index (χ1n) is 7.07. The standard InChI is InChI=1S/C16H25NO/c1-11-5-4-6-15(7-11)18-16-12(2)8-14(10-17)9-13(16)3/h8-9,11,15H,4-7,10,17H2,1-3H3. The summed E-state index contributed by atoms with van der Waals surface area (Å²) < 4.78 is 6.25. The van der Waals surface area contributed by atoms with E-state index in [0.29, 0.717) is 12.6 Å². The largest absolute Gasteiger partial charge is 0.490 e. The smallest absolute Gasteiger partial charge is 0.125 e. The van der Waals surface area contributed by atoms with Crippen molar-refractivity contribution in [2.24, 2.45) is 11.7 Å². The molecule has 0 aliphatic heterocycles. The second kappa shape index (κ2) is 5.75. The normalized spacial score (nSPS) is 24.0. The molecular weight excluding hydrogens is 222 g/mol. The third kappa shape index (κ3) is 3.05. The topological polar surface area (TPSA) is 35.2 Å². The molecule has 1 fully saturated rings. The van der Waals surface area contributed by atoms with Crippen molar-refractivity contribution in [3.8, 4) is 5.75 Å². The molecule has 2 heteroatoms. The molecule has 0 heterocycles. The first-order chi connectivity index (χ1) is 8.60. The highest BCUT2D eigenvalue weighted by Gasteiger charge is 2.21. The van der Waals surface area contributed by atoms with Gasteiger partial charge in [0.25, 0.3) is 0 Å². The van der Waals surface area contributed by atoms with E-state index in [2.05, 4.69) is 32.9 Å². The molecule has 1 saturated carbocycles. The maximum absolute atomic E-state index is 6.25. The molecule has 2 nitrogen and oxygen atoms in total. The van der Waals surface area contributed by atoms with Gasteiger partial charge in [-0.1, -0.05) is 25.5 Å². The summed E-state index contributed by atoms with van der Waals surface area (Å²) in [4.78, 5) is 0. The second-order valence-corrected chi connectivity index (χ2v) is 5.77. The van der Waals surface area contributed by atoms with E-state index in [1.165, 1.54) is 42.4 Å². The van der Waals surface area contributed by atoms with Crippen LogP contribution in [0.5, 0.6) is 5.75 Å². The Bertz CT molecular complexity index is 391. The monoisotopic (exact) mass is 247 g/mol. The molecule has 2 N–H and O–H groups in total. The molecule has 0 bridgehead atoms. The molecule has 0 saturated heterocycles. The van der Waals surface area contributed by atoms with Crippen molar-refractivity contribution >= 4 is 0 Å². The van der Waals surface area contributed by atoms with Crippen LogP contribution >= 0.6 is 0 Å². The quantitative estimate of drug-likeness (QED) is 0.883. The lowest BCUT2D eigenvalue weighted by atomic mass is 9.88. The SMILES string of the molecule is Cc1cc(CN)cc(C)c1OC1CCCC(C)C1. The molecule has 1 aromatic carbocycles. The lowest BCUT2D eigenvalue weighted by molar-refractivity contribution is 0.127. The fraction of sp³-hybridized carbons (Fsp3) is 0.625. The molecular formula is C16H25NO. The maximum Gasteiger partial charge on any atom is 0.125 e. The van der Waals surface area contributed by atoms with Crippen LogP contribution < -0.4 is 10.5 Å². The van der Waals surface area contributed by atoms with Gasteiger partial charge in [0, 0.05) is 6.54 Å². The van der Waals surface area contributed by atoms with Crippen LogP contribution in [0.3, 0.4) is 0 Å². The zero-order valence-corrected chi connectivity index (χ0v) is 11.8. The van der Waals surface area contributed by atoms with Crippen molar-refractivity contribution in [1.29, 1.82) is 0 Å². The predicted molar refractivity (Wildman–Crippen MR) is 75.9 cm³/mol. The average Bonchev–Trinajstić information content (AvgIpc) is 2.33. The average molecular weight is 247 g/mol. The van der Waals surface area contributed by atoms with Crippen LogP contribution in [-0.4, -0.2) is 6.10 Å². The van der Waals surface area contributed by atoms with E-state index in [0.717, 1.165) is 11.7 Å². The van der Waals surface area contributed by atoms with Crippen molar-refractivity contribution in [1.82, 2.24) is 0 Å². The van der Waals surface area contributed by atoms with E-state index in [9.17, 15) is 0 Å². The summed E-state index contributed by atoms with van der Waals surface area (Å²) in [5, 5.41) is 0. The summed E-state index contributed by atoms with van der Waals surface area (Å²) in [6, 6.07) is 4.29. The fourth-order valence-electron chi connectivity index (χ4n) is 3.00. The summed E-state index contributed by atoms with van der Waals surface area (Å²) in [7, 11) is 0. The number of ether oxygens (including phenoxy) is 1. The third-order valence-corrected chi connectivity index (χ3v) is 3.93. The third-order valence-electron chi connectivity index (χ3n) is 3.93. The molecule has 2 atom stereocenters. The molecule has 0 amide bonds. The van der Waals surface area contributed by atoms with E-state index in [1.54, 1.807) is 0 Å². The van der Waals surface area contributed by atoms with Crippen LogP contribution in [0.1, 0.15) is 49.3 Å². The van der Waals surface area contributed by atoms with Crippen molar-refractivity contribution in [3.05, 3.63) is 28.8 Å². The minimum Gasteiger partial charge on any atom is -0.490 e. The van der Waals surface area contributed by atoms with Gasteiger partial charge in [0.15, 0.2) is 0 Å². The second-order valence-electron chi connectivity index (χ2n) is 5.77. The van der Waals surface area contributed by atoms with Crippen LogP contribution in [0.2, 0.25) is 0 Å². The van der Waals surface area contributed by atoms with Crippen molar-refractivity contribution in [2.75, 3.05) is 0 Å². The van der Waals surface area contributed by atoms with Crippen LogP contribution in [0.4, 0.5) is 0 Å². The summed E-state index contributed by atoms with van der Waals surface area (Å²) in [5.74, 6) is 1.87. The number of hydrogen-bond acceptors (Lipinski definition) is 2. The highest BCUT2D eigenvalue weighted by Crippen LogP contribution is 2.31. The van der Waals surface area contributed by atoms with Crippen molar-refractivity contribution in [2.45, 2.75) is 59.1 Å². The minimum atomic E-state index is 0.398. The number of hydrogen-bond donors (Lipinski definition) is 1. The number of rotatable bonds is 3. The molecule has 1 aromatic rings. The molecule has 1 aliphatic carbocycles. The van der Waals surface area contributed by atoms with E-state index in [-0.39, 0.29) is 0 Å². The Morgan fingerprint density at radius 3 is 2.44 bits per heavy atom. The van der Waals surface area contributed by atoms with E-state index >= 15 is 0 Å². The van der Waals surface area contributed by atoms with Gasteiger partial charge in [-0.2, -0.15) is 0 Å². The minimum absolute atomic E-state index is 0.398. The molecule has 0 radical (unpaired) electrons. The summed E-state index contributed by atoms with van der Waals surface area (Å²) in [5.41, 5.74) is 9.32. The summed E-state index contributed by atoms with van der Waals surface area (Å²) >= 11 is 0. The number of nitrogens with two attached hydrogens (primary N) is 1. The molecule has 0 aromatic heterocycles. The van der Waals surface area contributed by atoms with Crippen LogP contribution in [-0.2, 0) is 6.54 Å². The van der Waals surface area contributed by atoms with Gasteiger partial charge in [0.2, 0.25) is 0 Å². The van der Waals surface area contributed by atoms with E-state index < -0.39 is 0 Å². The van der Waals surface area contributed by atoms with Crippen LogP contribution in [0.25, 0.3) is 0 Å². The Morgan fingerprint density at radius 2 is 1.89 bits per heavy atom. The molecule has 2 rings (SSSR count). The highest BCUT2D eigenvalue weighted by atomic mass is 16.5. The molecule has 0 spiro atoms. The van der Waals surface area contributed by atoms with Gasteiger partial charge >= 0.3 is 0 Å². The van der Waals surface area contributed by atoms with Gasteiger partial charge < -0.3 is 10.5 Å². The number of aryl methyl sites for hydroxylation is 2. The predicted octanol–water partition coefficient (Wildman–Crippen LogP) is 3.72. The fourth-order valence-corrected chi connectivity index (χ4v) is 3.00. The maximum atomic E-state index is 6.25. The van der Waals surface area contributed by atoms with Gasteiger partial charge in [-0.15, -0.1) is 0 Å². The molecule has 2 unspecified atom stereocenters. The number of benzene rings is 1. The van der Waals surface area contributed by atoms with Crippen LogP contribution in [0.15, 0.2) is 12.1 Å². The summed E-state index contributed by atoms with van der Waals surface area (Å²) in [6.07, 6.45) is 5.43. The van der Waals surface area contributed by atoms with Gasteiger partial charge in [-0.3, -0.25) is 0 Å². The lowest BCUT2D eigenvalue weighted by Gasteiger charge is -2.28. The van der Waals surface area contributed by atoms with Gasteiger partial charge in [0.05, 0.1) is 6.10 Å². The van der Waals surface area contributed by atoms with Gasteiger partial charge in [-0.05, 0) is 55.7 Å². The van der Waals surface area contributed by atoms with Gasteiger partial charge in [-0.25, -0.2) is 0 Å². The first-order valence-corrected chi connectivity index (χ1v) is 7.07. The Balaban J connectivity index is 2.13. The molecule has 100 valence electrons. The van der Waals surface area contributed by atoms with E-state index in [4.69, 9.17) is 10.5 Å². The zero-order chi connectivity index (χ0) is 13.1. The van der Waals surface area contributed by atoms with Crippen LogP contribution in [0, 0.1) is 19.8 Å². The Hall–Kier alpha value is -1.02. The Labute approximate surface area is 111 Å². The van der Waals surface area contributed by atoms with Crippen molar-refractivity contribution in [3.63, 3.8) is 0 Å². The van der Waals surface area contributed by atoms with E-state index in [1.807, 2.05) is 0 Å². The molecule has 18 heavy (non-hydrogen) atoms. The first kappa shape index (κ1) is 13.4. The Morgan fingerprint density at radius 1 is 1.22 bits per heavy atom. The Kier molecular flexibility index (Phi) is 4.28. The molecule has 1 aliphatic rings.